The van der Waals surface area contributed by atoms with Gasteiger partial charge in [0.2, 0.25) is 0 Å². The molecule has 0 radical (unpaired) electrons. The lowest BCUT2D eigenvalue weighted by Gasteiger charge is -2.11. The molecule has 0 spiro atoms. The van der Waals surface area contributed by atoms with E-state index in [1.54, 1.807) is 0 Å². The molecule has 0 aliphatic heterocycles. The first-order valence-corrected chi connectivity index (χ1v) is 5.22. The van der Waals surface area contributed by atoms with Crippen LogP contribution in [0.15, 0.2) is 36.4 Å². The zero-order valence-electron chi connectivity index (χ0n) is 9.29. The summed E-state index contributed by atoms with van der Waals surface area (Å²) in [6, 6.07) is 7.04. The minimum absolute atomic E-state index is 0.0780. The number of rotatable bonds is 3. The number of halogens is 3. The van der Waals surface area contributed by atoms with Crippen molar-refractivity contribution in [1.82, 2.24) is 0 Å². The predicted molar refractivity (Wildman–Crippen MR) is 60.7 cm³/mol. The Morgan fingerprint density at radius 3 is 2.39 bits per heavy atom. The maximum atomic E-state index is 13.6. The van der Waals surface area contributed by atoms with E-state index in [9.17, 15) is 13.2 Å². The van der Waals surface area contributed by atoms with Crippen molar-refractivity contribution in [3.8, 4) is 11.5 Å². The Morgan fingerprint density at radius 2 is 1.72 bits per heavy atom. The zero-order valence-corrected chi connectivity index (χ0v) is 9.29. The molecule has 2 nitrogen and oxygen atoms in total. The van der Waals surface area contributed by atoms with Crippen LogP contribution >= 0.6 is 0 Å². The number of ether oxygens (including phenoxy) is 1. The normalized spacial score (nSPS) is 10.4. The van der Waals surface area contributed by atoms with Crippen LogP contribution in [0, 0.1) is 17.5 Å². The summed E-state index contributed by atoms with van der Waals surface area (Å²) in [5.74, 6) is -2.18. The highest BCUT2D eigenvalue weighted by atomic mass is 19.1. The second kappa shape index (κ2) is 5.10. The maximum Gasteiger partial charge on any atom is 0.170 e. The average Bonchev–Trinajstić information content (AvgIpc) is 2.34. The smallest absolute Gasteiger partial charge is 0.170 e. The predicted octanol–water partition coefficient (Wildman–Crippen LogP) is 3.35. The van der Waals surface area contributed by atoms with Crippen molar-refractivity contribution in [1.29, 1.82) is 0 Å². The van der Waals surface area contributed by atoms with Crippen LogP contribution in [-0.4, -0.2) is 0 Å². The van der Waals surface area contributed by atoms with E-state index in [0.29, 0.717) is 0 Å². The molecule has 0 bridgehead atoms. The summed E-state index contributed by atoms with van der Waals surface area (Å²) in [5.41, 5.74) is 5.26. The Kier molecular flexibility index (Phi) is 3.53. The summed E-state index contributed by atoms with van der Waals surface area (Å²) >= 11 is 0. The molecule has 0 aliphatic carbocycles. The molecule has 2 aromatic rings. The highest BCUT2D eigenvalue weighted by molar-refractivity contribution is 5.40. The molecule has 2 rings (SSSR count). The molecule has 0 unspecified atom stereocenters. The standard InChI is InChI=1S/C13H10F3NO/c14-8-2-1-3-9(6-8)18-13-10(7-17)11(15)4-5-12(13)16/h1-6H,7,17H2. The first kappa shape index (κ1) is 12.4. The first-order chi connectivity index (χ1) is 8.61. The molecule has 0 saturated heterocycles. The van der Waals surface area contributed by atoms with Gasteiger partial charge in [-0.05, 0) is 24.3 Å². The van der Waals surface area contributed by atoms with Gasteiger partial charge in [-0.3, -0.25) is 0 Å². The monoisotopic (exact) mass is 253 g/mol. The van der Waals surface area contributed by atoms with Crippen LogP contribution in [0.1, 0.15) is 5.56 Å². The van der Waals surface area contributed by atoms with Gasteiger partial charge in [-0.1, -0.05) is 6.07 Å². The number of nitrogens with two attached hydrogens (primary N) is 1. The van der Waals surface area contributed by atoms with Gasteiger partial charge >= 0.3 is 0 Å². The van der Waals surface area contributed by atoms with Crippen molar-refractivity contribution in [2.45, 2.75) is 6.54 Å². The Labute approximate surface area is 102 Å². The van der Waals surface area contributed by atoms with Gasteiger partial charge in [0.15, 0.2) is 11.6 Å². The largest absolute Gasteiger partial charge is 0.454 e. The van der Waals surface area contributed by atoms with Crippen molar-refractivity contribution < 1.29 is 17.9 Å². The second-order valence-electron chi connectivity index (χ2n) is 3.60. The fourth-order valence-corrected chi connectivity index (χ4v) is 1.52. The molecular formula is C13H10F3NO. The molecule has 94 valence electrons. The molecule has 2 N–H and O–H groups in total. The highest BCUT2D eigenvalue weighted by Crippen LogP contribution is 2.30. The third kappa shape index (κ3) is 2.46. The van der Waals surface area contributed by atoms with Crippen molar-refractivity contribution in [2.75, 3.05) is 0 Å². The molecular weight excluding hydrogens is 243 g/mol. The number of hydrogen-bond donors (Lipinski definition) is 1. The van der Waals surface area contributed by atoms with Crippen LogP contribution in [0.25, 0.3) is 0 Å². The molecule has 0 atom stereocenters. The van der Waals surface area contributed by atoms with E-state index in [2.05, 4.69) is 0 Å². The van der Waals surface area contributed by atoms with Gasteiger partial charge in [-0.15, -0.1) is 0 Å². The average molecular weight is 253 g/mol. The second-order valence-corrected chi connectivity index (χ2v) is 3.60. The van der Waals surface area contributed by atoms with Gasteiger partial charge < -0.3 is 10.5 Å². The fraction of sp³-hybridized carbons (Fsp3) is 0.0769. The van der Waals surface area contributed by atoms with E-state index in [1.165, 1.54) is 18.2 Å². The third-order valence-corrected chi connectivity index (χ3v) is 2.38. The Bertz CT molecular complexity index is 572. The van der Waals surface area contributed by atoms with E-state index in [-0.39, 0.29) is 23.6 Å². The van der Waals surface area contributed by atoms with E-state index in [0.717, 1.165) is 18.2 Å². The minimum atomic E-state index is -0.749. The molecule has 0 aromatic heterocycles. The van der Waals surface area contributed by atoms with Gasteiger partial charge in [0.1, 0.15) is 17.4 Å². The minimum Gasteiger partial charge on any atom is -0.454 e. The van der Waals surface area contributed by atoms with Gasteiger partial charge in [-0.2, -0.15) is 0 Å². The van der Waals surface area contributed by atoms with Gasteiger partial charge in [0, 0.05) is 18.2 Å². The molecule has 0 amide bonds. The van der Waals surface area contributed by atoms with Crippen LogP contribution in [0.3, 0.4) is 0 Å². The van der Waals surface area contributed by atoms with Crippen LogP contribution in [0.4, 0.5) is 13.2 Å². The van der Waals surface area contributed by atoms with Gasteiger partial charge in [0.25, 0.3) is 0 Å². The Balaban J connectivity index is 2.42. The van der Waals surface area contributed by atoms with E-state index < -0.39 is 17.5 Å². The fourth-order valence-electron chi connectivity index (χ4n) is 1.52. The topological polar surface area (TPSA) is 35.2 Å². The number of hydrogen-bond acceptors (Lipinski definition) is 2. The highest BCUT2D eigenvalue weighted by Gasteiger charge is 2.15. The van der Waals surface area contributed by atoms with Crippen molar-refractivity contribution in [2.24, 2.45) is 5.73 Å². The quantitative estimate of drug-likeness (QED) is 0.910. The Hall–Kier alpha value is -2.01. The Morgan fingerprint density at radius 1 is 1.00 bits per heavy atom. The van der Waals surface area contributed by atoms with Crippen LogP contribution in [-0.2, 0) is 6.54 Å². The van der Waals surface area contributed by atoms with E-state index >= 15 is 0 Å². The van der Waals surface area contributed by atoms with Gasteiger partial charge in [0.05, 0.1) is 0 Å². The van der Waals surface area contributed by atoms with Crippen LogP contribution < -0.4 is 10.5 Å². The lowest BCUT2D eigenvalue weighted by Crippen LogP contribution is -2.04. The number of benzene rings is 2. The van der Waals surface area contributed by atoms with E-state index in [1.807, 2.05) is 0 Å². The van der Waals surface area contributed by atoms with Crippen LogP contribution in [0.2, 0.25) is 0 Å². The lowest BCUT2D eigenvalue weighted by atomic mass is 10.2. The molecule has 2 aromatic carbocycles. The molecule has 0 fully saturated rings. The van der Waals surface area contributed by atoms with Crippen LogP contribution in [0.5, 0.6) is 11.5 Å². The summed E-state index contributed by atoms with van der Waals surface area (Å²) in [6.07, 6.45) is 0. The summed E-state index contributed by atoms with van der Waals surface area (Å²) in [5, 5.41) is 0. The molecule has 0 saturated carbocycles. The summed E-state index contributed by atoms with van der Waals surface area (Å²) in [7, 11) is 0. The summed E-state index contributed by atoms with van der Waals surface area (Å²) < 4.78 is 45.1. The summed E-state index contributed by atoms with van der Waals surface area (Å²) in [4.78, 5) is 0. The zero-order chi connectivity index (χ0) is 13.1. The van der Waals surface area contributed by atoms with Gasteiger partial charge in [-0.25, -0.2) is 13.2 Å². The molecule has 5 heteroatoms. The summed E-state index contributed by atoms with van der Waals surface area (Å²) in [6.45, 7) is -0.214. The third-order valence-electron chi connectivity index (χ3n) is 2.38. The SMILES string of the molecule is NCc1c(F)ccc(F)c1Oc1cccc(F)c1. The van der Waals surface area contributed by atoms with Crippen molar-refractivity contribution in [3.63, 3.8) is 0 Å². The first-order valence-electron chi connectivity index (χ1n) is 5.22. The molecule has 0 aliphatic rings. The maximum absolute atomic E-state index is 13.6. The van der Waals surface area contributed by atoms with Crippen molar-refractivity contribution >= 4 is 0 Å². The lowest BCUT2D eigenvalue weighted by molar-refractivity contribution is 0.425. The van der Waals surface area contributed by atoms with Crippen molar-refractivity contribution in [3.05, 3.63) is 59.4 Å². The molecule has 18 heavy (non-hydrogen) atoms. The van der Waals surface area contributed by atoms with E-state index in [4.69, 9.17) is 10.5 Å². The molecule has 0 heterocycles.